The fourth-order valence-electron chi connectivity index (χ4n) is 3.53. The van der Waals surface area contributed by atoms with E-state index in [2.05, 4.69) is 19.9 Å². The van der Waals surface area contributed by atoms with Gasteiger partial charge in [0.05, 0.1) is 17.7 Å². The van der Waals surface area contributed by atoms with Crippen LogP contribution in [0.2, 0.25) is 0 Å². The molecule has 172 valence electrons. The number of rotatable bonds is 4. The van der Waals surface area contributed by atoms with Gasteiger partial charge in [-0.3, -0.25) is 4.79 Å². The number of likely N-dealkylation sites (tertiary alicyclic amines) is 1. The SMILES string of the molecule is Cc1ccc(-c2ncccn2)c(C(=O)N2CCC[C@@H](Oc3ncc(C(F)(F)F)cc3F)C2)n1. The van der Waals surface area contributed by atoms with Gasteiger partial charge in [0.2, 0.25) is 0 Å². The number of pyridine rings is 2. The average molecular weight is 461 g/mol. The molecule has 4 rings (SSSR count). The number of piperidine rings is 1. The van der Waals surface area contributed by atoms with Gasteiger partial charge in [-0.1, -0.05) is 0 Å². The van der Waals surface area contributed by atoms with Crippen LogP contribution in [0.3, 0.4) is 0 Å². The second-order valence-corrected chi connectivity index (χ2v) is 7.56. The number of carbonyl (C=O) groups is 1. The highest BCUT2D eigenvalue weighted by atomic mass is 19.4. The molecule has 1 saturated heterocycles. The first-order valence-corrected chi connectivity index (χ1v) is 10.2. The van der Waals surface area contributed by atoms with Crippen molar-refractivity contribution in [2.75, 3.05) is 13.1 Å². The molecule has 1 atom stereocenters. The lowest BCUT2D eigenvalue weighted by molar-refractivity contribution is -0.138. The summed E-state index contributed by atoms with van der Waals surface area (Å²) in [5.41, 5.74) is 0.0956. The van der Waals surface area contributed by atoms with Crippen molar-refractivity contribution in [1.29, 1.82) is 0 Å². The Labute approximate surface area is 186 Å². The quantitative estimate of drug-likeness (QED) is 0.545. The van der Waals surface area contributed by atoms with E-state index in [0.29, 0.717) is 48.7 Å². The molecule has 0 N–H and O–H groups in total. The van der Waals surface area contributed by atoms with Crippen molar-refractivity contribution < 1.29 is 27.1 Å². The van der Waals surface area contributed by atoms with E-state index in [4.69, 9.17) is 4.74 Å². The van der Waals surface area contributed by atoms with Crippen LogP contribution < -0.4 is 4.74 Å². The van der Waals surface area contributed by atoms with Crippen LogP contribution in [0.1, 0.15) is 34.6 Å². The van der Waals surface area contributed by atoms with Gasteiger partial charge in [0, 0.05) is 30.8 Å². The van der Waals surface area contributed by atoms with Gasteiger partial charge in [0.25, 0.3) is 11.8 Å². The Hall–Kier alpha value is -3.63. The minimum Gasteiger partial charge on any atom is -0.470 e. The van der Waals surface area contributed by atoms with Crippen LogP contribution in [0.4, 0.5) is 17.6 Å². The maximum absolute atomic E-state index is 14.1. The van der Waals surface area contributed by atoms with Gasteiger partial charge in [0.1, 0.15) is 11.8 Å². The second kappa shape index (κ2) is 9.08. The van der Waals surface area contributed by atoms with E-state index in [1.54, 1.807) is 37.5 Å². The molecular formula is C22H19F4N5O2. The van der Waals surface area contributed by atoms with Crippen LogP contribution in [0.5, 0.6) is 5.88 Å². The molecule has 3 aromatic heterocycles. The predicted octanol–water partition coefficient (Wildman–Crippen LogP) is 4.08. The molecule has 0 radical (unpaired) electrons. The van der Waals surface area contributed by atoms with Crippen molar-refractivity contribution in [1.82, 2.24) is 24.8 Å². The largest absolute Gasteiger partial charge is 0.470 e. The molecule has 33 heavy (non-hydrogen) atoms. The number of ether oxygens (including phenoxy) is 1. The zero-order valence-corrected chi connectivity index (χ0v) is 17.5. The van der Waals surface area contributed by atoms with Gasteiger partial charge >= 0.3 is 6.18 Å². The van der Waals surface area contributed by atoms with Crippen molar-refractivity contribution in [2.24, 2.45) is 0 Å². The third-order valence-corrected chi connectivity index (χ3v) is 5.12. The number of hydrogen-bond donors (Lipinski definition) is 0. The Morgan fingerprint density at radius 2 is 1.94 bits per heavy atom. The van der Waals surface area contributed by atoms with Crippen LogP contribution in [0.15, 0.2) is 42.9 Å². The maximum Gasteiger partial charge on any atom is 0.417 e. The molecule has 11 heteroatoms. The highest BCUT2D eigenvalue weighted by Gasteiger charge is 2.33. The summed E-state index contributed by atoms with van der Waals surface area (Å²) in [6, 6.07) is 5.48. The molecular weight excluding hydrogens is 442 g/mol. The van der Waals surface area contributed by atoms with E-state index in [1.807, 2.05) is 0 Å². The van der Waals surface area contributed by atoms with E-state index < -0.39 is 29.5 Å². The summed E-state index contributed by atoms with van der Waals surface area (Å²) in [4.78, 5) is 31.1. The van der Waals surface area contributed by atoms with Gasteiger partial charge < -0.3 is 9.64 Å². The monoisotopic (exact) mass is 461 g/mol. The van der Waals surface area contributed by atoms with Crippen LogP contribution in [-0.4, -0.2) is 49.9 Å². The maximum atomic E-state index is 14.1. The summed E-state index contributed by atoms with van der Waals surface area (Å²) < 4.78 is 57.9. The number of amides is 1. The zero-order valence-electron chi connectivity index (χ0n) is 17.5. The molecule has 0 aliphatic carbocycles. The summed E-state index contributed by atoms with van der Waals surface area (Å²) in [5.74, 6) is -1.75. The summed E-state index contributed by atoms with van der Waals surface area (Å²) in [6.07, 6.45) is -0.653. The highest BCUT2D eigenvalue weighted by Crippen LogP contribution is 2.31. The molecule has 3 aromatic rings. The number of nitrogens with zero attached hydrogens (tertiary/aromatic N) is 5. The van der Waals surface area contributed by atoms with Crippen LogP contribution in [0, 0.1) is 12.7 Å². The Morgan fingerprint density at radius 1 is 1.18 bits per heavy atom. The van der Waals surface area contributed by atoms with Crippen LogP contribution in [-0.2, 0) is 6.18 Å². The molecule has 1 aliphatic heterocycles. The normalized spacial score (nSPS) is 16.5. The average Bonchev–Trinajstić information content (AvgIpc) is 2.80. The molecule has 0 unspecified atom stereocenters. The standard InChI is InChI=1S/C22H19F4N5O2/c1-13-5-6-16(19-27-7-3-8-28-19)18(30-13)21(32)31-9-2-4-15(12-31)33-20-17(23)10-14(11-29-20)22(24,25)26/h3,5-8,10-11,15H,2,4,9,12H2,1H3/t15-/m1/s1. The third-order valence-electron chi connectivity index (χ3n) is 5.12. The number of aryl methyl sites for hydroxylation is 1. The first-order valence-electron chi connectivity index (χ1n) is 10.2. The summed E-state index contributed by atoms with van der Waals surface area (Å²) in [7, 11) is 0. The summed E-state index contributed by atoms with van der Waals surface area (Å²) >= 11 is 0. The fraction of sp³-hybridized carbons (Fsp3) is 0.318. The first kappa shape index (κ1) is 22.6. The lowest BCUT2D eigenvalue weighted by Gasteiger charge is -2.32. The smallest absolute Gasteiger partial charge is 0.417 e. The molecule has 0 bridgehead atoms. The van der Waals surface area contributed by atoms with Crippen LogP contribution in [0.25, 0.3) is 11.4 Å². The van der Waals surface area contributed by atoms with E-state index in [-0.39, 0.29) is 18.1 Å². The fourth-order valence-corrected chi connectivity index (χ4v) is 3.53. The Bertz CT molecular complexity index is 1160. The molecule has 0 aromatic carbocycles. The van der Waals surface area contributed by atoms with Gasteiger partial charge in [-0.2, -0.15) is 13.2 Å². The molecule has 1 fully saturated rings. The van der Waals surface area contributed by atoms with Crippen molar-refractivity contribution in [3.8, 4) is 17.3 Å². The van der Waals surface area contributed by atoms with Crippen molar-refractivity contribution in [3.05, 3.63) is 65.6 Å². The lowest BCUT2D eigenvalue weighted by Crippen LogP contribution is -2.45. The van der Waals surface area contributed by atoms with E-state index in [0.717, 1.165) is 0 Å². The molecule has 0 spiro atoms. The van der Waals surface area contributed by atoms with Gasteiger partial charge in [0.15, 0.2) is 11.6 Å². The lowest BCUT2D eigenvalue weighted by atomic mass is 10.1. The number of alkyl halides is 3. The predicted molar refractivity (Wildman–Crippen MR) is 109 cm³/mol. The van der Waals surface area contributed by atoms with E-state index >= 15 is 0 Å². The van der Waals surface area contributed by atoms with Crippen LogP contribution >= 0.6 is 0 Å². The topological polar surface area (TPSA) is 81.1 Å². The Morgan fingerprint density at radius 3 is 2.64 bits per heavy atom. The molecule has 1 aliphatic rings. The van der Waals surface area contributed by atoms with Gasteiger partial charge in [-0.25, -0.2) is 24.3 Å². The molecule has 1 amide bonds. The molecule has 4 heterocycles. The number of carbonyl (C=O) groups excluding carboxylic acids is 1. The first-order chi connectivity index (χ1) is 15.7. The molecule has 7 nitrogen and oxygen atoms in total. The minimum absolute atomic E-state index is 0.103. The minimum atomic E-state index is -4.71. The van der Waals surface area contributed by atoms with Gasteiger partial charge in [-0.05, 0) is 44.0 Å². The summed E-state index contributed by atoms with van der Waals surface area (Å²) in [6.45, 7) is 2.28. The van der Waals surface area contributed by atoms with Crippen molar-refractivity contribution in [2.45, 2.75) is 32.0 Å². The second-order valence-electron chi connectivity index (χ2n) is 7.56. The highest BCUT2D eigenvalue weighted by molar-refractivity contribution is 5.98. The number of aromatic nitrogens is 4. The Balaban J connectivity index is 1.53. The van der Waals surface area contributed by atoms with E-state index in [1.165, 1.54) is 4.90 Å². The Kier molecular flexibility index (Phi) is 6.21. The van der Waals surface area contributed by atoms with Crippen molar-refractivity contribution in [3.63, 3.8) is 0 Å². The van der Waals surface area contributed by atoms with E-state index in [9.17, 15) is 22.4 Å². The third kappa shape index (κ3) is 5.07. The van der Waals surface area contributed by atoms with Gasteiger partial charge in [-0.15, -0.1) is 0 Å². The number of halogens is 4. The van der Waals surface area contributed by atoms with Crippen molar-refractivity contribution >= 4 is 5.91 Å². The number of hydrogen-bond acceptors (Lipinski definition) is 6. The zero-order chi connectivity index (χ0) is 23.6. The molecule has 0 saturated carbocycles. The summed E-state index contributed by atoms with van der Waals surface area (Å²) in [5, 5.41) is 0.